The number of hydrogen-bond acceptors (Lipinski definition) is 2. The lowest BCUT2D eigenvalue weighted by Gasteiger charge is -2.07. The Balaban J connectivity index is 2.13. The fourth-order valence-corrected chi connectivity index (χ4v) is 2.83. The van der Waals surface area contributed by atoms with Crippen molar-refractivity contribution in [1.82, 2.24) is 9.38 Å². The molecule has 0 saturated carbocycles. The summed E-state index contributed by atoms with van der Waals surface area (Å²) >= 11 is 0. The van der Waals surface area contributed by atoms with Crippen molar-refractivity contribution < 1.29 is 5.11 Å². The summed E-state index contributed by atoms with van der Waals surface area (Å²) in [7, 11) is 0. The Kier molecular flexibility index (Phi) is 3.99. The molecule has 0 unspecified atom stereocenters. The summed E-state index contributed by atoms with van der Waals surface area (Å²) in [5.74, 6) is 0.535. The summed E-state index contributed by atoms with van der Waals surface area (Å²) in [5, 5.41) is 9.29. The van der Waals surface area contributed by atoms with Crippen LogP contribution < -0.4 is 0 Å². The number of imidazole rings is 1. The van der Waals surface area contributed by atoms with Gasteiger partial charge in [0.2, 0.25) is 0 Å². The first-order valence-electron chi connectivity index (χ1n) is 7.85. The van der Waals surface area contributed by atoms with Gasteiger partial charge in [-0.2, -0.15) is 0 Å². The smallest absolute Gasteiger partial charge is 0.138 e. The molecule has 0 bridgehead atoms. The zero-order valence-electron chi connectivity index (χ0n) is 13.4. The van der Waals surface area contributed by atoms with Crippen molar-refractivity contribution >= 4 is 5.65 Å². The topological polar surface area (TPSA) is 37.5 Å². The van der Waals surface area contributed by atoms with E-state index in [1.54, 1.807) is 0 Å². The SMILES string of the molecule is CCc1c(-c2ccc(C(C)C)cc2)nc2cc(CO)ccn12. The molecule has 0 saturated heterocycles. The molecular formula is C19H22N2O. The number of aliphatic hydroxyl groups excluding tert-OH is 1. The maximum atomic E-state index is 9.29. The normalized spacial score (nSPS) is 11.5. The van der Waals surface area contributed by atoms with Crippen LogP contribution in [0.15, 0.2) is 42.6 Å². The first-order chi connectivity index (χ1) is 10.6. The molecule has 1 N–H and O–H groups in total. The van der Waals surface area contributed by atoms with Crippen molar-refractivity contribution in [2.75, 3.05) is 0 Å². The average molecular weight is 294 g/mol. The molecule has 0 aliphatic carbocycles. The van der Waals surface area contributed by atoms with Crippen LogP contribution >= 0.6 is 0 Å². The predicted molar refractivity (Wildman–Crippen MR) is 90.0 cm³/mol. The lowest BCUT2D eigenvalue weighted by molar-refractivity contribution is 0.282. The van der Waals surface area contributed by atoms with Gasteiger partial charge in [0.1, 0.15) is 5.65 Å². The molecule has 22 heavy (non-hydrogen) atoms. The number of aromatic nitrogens is 2. The Bertz CT molecular complexity index is 785. The molecule has 1 aromatic carbocycles. The van der Waals surface area contributed by atoms with Crippen LogP contribution in [0.4, 0.5) is 0 Å². The van der Waals surface area contributed by atoms with Gasteiger partial charge in [-0.25, -0.2) is 4.98 Å². The van der Waals surface area contributed by atoms with E-state index >= 15 is 0 Å². The highest BCUT2D eigenvalue weighted by Gasteiger charge is 2.13. The van der Waals surface area contributed by atoms with Crippen molar-refractivity contribution in [2.45, 2.75) is 39.7 Å². The molecule has 0 atom stereocenters. The van der Waals surface area contributed by atoms with Crippen LogP contribution in [0.3, 0.4) is 0 Å². The number of hydrogen-bond donors (Lipinski definition) is 1. The van der Waals surface area contributed by atoms with Crippen LogP contribution in [0.25, 0.3) is 16.9 Å². The van der Waals surface area contributed by atoms with E-state index in [1.807, 2.05) is 18.3 Å². The van der Waals surface area contributed by atoms with Gasteiger partial charge < -0.3 is 9.51 Å². The summed E-state index contributed by atoms with van der Waals surface area (Å²) in [4.78, 5) is 4.79. The lowest BCUT2D eigenvalue weighted by atomic mass is 10.00. The Morgan fingerprint density at radius 1 is 1.14 bits per heavy atom. The molecule has 0 aliphatic rings. The lowest BCUT2D eigenvalue weighted by Crippen LogP contribution is -1.94. The molecule has 0 aliphatic heterocycles. The minimum absolute atomic E-state index is 0.0449. The van der Waals surface area contributed by atoms with E-state index in [1.165, 1.54) is 11.3 Å². The highest BCUT2D eigenvalue weighted by Crippen LogP contribution is 2.27. The first kappa shape index (κ1) is 14.8. The van der Waals surface area contributed by atoms with Crippen molar-refractivity contribution in [1.29, 1.82) is 0 Å². The highest BCUT2D eigenvalue weighted by atomic mass is 16.3. The Morgan fingerprint density at radius 2 is 1.86 bits per heavy atom. The largest absolute Gasteiger partial charge is 0.392 e. The number of aliphatic hydroxyl groups is 1. The van der Waals surface area contributed by atoms with Gasteiger partial charge in [0, 0.05) is 11.8 Å². The number of benzene rings is 1. The number of pyridine rings is 1. The van der Waals surface area contributed by atoms with Gasteiger partial charge in [-0.05, 0) is 35.6 Å². The number of aryl methyl sites for hydroxylation is 1. The molecule has 3 rings (SSSR count). The average Bonchev–Trinajstić information content (AvgIpc) is 2.92. The van der Waals surface area contributed by atoms with E-state index in [9.17, 15) is 5.11 Å². The quantitative estimate of drug-likeness (QED) is 0.784. The second-order valence-corrected chi connectivity index (χ2v) is 5.96. The second-order valence-electron chi connectivity index (χ2n) is 5.96. The standard InChI is InChI=1S/C19H22N2O/c1-4-17-19(16-7-5-15(6-8-16)13(2)3)20-18-11-14(12-22)9-10-21(17)18/h5-11,13,22H,4,12H2,1-3H3. The van der Waals surface area contributed by atoms with Crippen molar-refractivity contribution in [3.05, 3.63) is 59.4 Å². The maximum Gasteiger partial charge on any atom is 0.138 e. The fourth-order valence-electron chi connectivity index (χ4n) is 2.83. The van der Waals surface area contributed by atoms with E-state index in [2.05, 4.69) is 49.4 Å². The molecule has 3 nitrogen and oxygen atoms in total. The van der Waals surface area contributed by atoms with Crippen LogP contribution in [0, 0.1) is 0 Å². The van der Waals surface area contributed by atoms with Gasteiger partial charge in [0.15, 0.2) is 0 Å². The van der Waals surface area contributed by atoms with Crippen molar-refractivity contribution in [2.24, 2.45) is 0 Å². The molecule has 0 spiro atoms. The van der Waals surface area contributed by atoms with Crippen LogP contribution in [0.5, 0.6) is 0 Å². The van der Waals surface area contributed by atoms with Crippen molar-refractivity contribution in [3.8, 4) is 11.3 Å². The van der Waals surface area contributed by atoms with E-state index < -0.39 is 0 Å². The molecule has 3 heteroatoms. The monoisotopic (exact) mass is 294 g/mol. The van der Waals surface area contributed by atoms with Crippen molar-refractivity contribution in [3.63, 3.8) is 0 Å². The zero-order valence-corrected chi connectivity index (χ0v) is 13.4. The molecular weight excluding hydrogens is 272 g/mol. The van der Waals surface area contributed by atoms with Crippen LogP contribution in [0.2, 0.25) is 0 Å². The Morgan fingerprint density at radius 3 is 2.45 bits per heavy atom. The van der Waals surface area contributed by atoms with E-state index in [-0.39, 0.29) is 6.61 Å². The number of fused-ring (bicyclic) bond motifs is 1. The third-order valence-corrected chi connectivity index (χ3v) is 4.16. The molecule has 0 amide bonds. The molecule has 0 radical (unpaired) electrons. The Hall–Kier alpha value is -2.13. The summed E-state index contributed by atoms with van der Waals surface area (Å²) in [6.45, 7) is 6.60. The van der Waals surface area contributed by atoms with Gasteiger partial charge in [0.05, 0.1) is 18.0 Å². The number of nitrogens with zero attached hydrogens (tertiary/aromatic N) is 2. The van der Waals surface area contributed by atoms with Gasteiger partial charge >= 0.3 is 0 Å². The van der Waals surface area contributed by atoms with E-state index in [0.29, 0.717) is 5.92 Å². The Labute approximate surface area is 131 Å². The van der Waals surface area contributed by atoms with E-state index in [0.717, 1.165) is 28.9 Å². The minimum Gasteiger partial charge on any atom is -0.392 e. The van der Waals surface area contributed by atoms with Gasteiger partial charge in [-0.3, -0.25) is 0 Å². The predicted octanol–water partition coefficient (Wildman–Crippen LogP) is 4.18. The summed E-state index contributed by atoms with van der Waals surface area (Å²) in [6.07, 6.45) is 2.92. The third-order valence-electron chi connectivity index (χ3n) is 4.16. The molecule has 2 heterocycles. The highest BCUT2D eigenvalue weighted by molar-refractivity contribution is 5.67. The number of rotatable bonds is 4. The first-order valence-corrected chi connectivity index (χ1v) is 7.85. The summed E-state index contributed by atoms with van der Waals surface area (Å²) in [6, 6.07) is 12.6. The minimum atomic E-state index is 0.0449. The fraction of sp³-hybridized carbons (Fsp3) is 0.316. The molecule has 2 aromatic heterocycles. The van der Waals surface area contributed by atoms with Crippen LogP contribution in [-0.4, -0.2) is 14.5 Å². The van der Waals surface area contributed by atoms with Gasteiger partial charge in [-0.1, -0.05) is 45.0 Å². The van der Waals surface area contributed by atoms with Gasteiger partial charge in [-0.15, -0.1) is 0 Å². The van der Waals surface area contributed by atoms with Crippen LogP contribution in [-0.2, 0) is 13.0 Å². The van der Waals surface area contributed by atoms with Crippen LogP contribution in [0.1, 0.15) is 43.5 Å². The zero-order chi connectivity index (χ0) is 15.7. The molecule has 114 valence electrons. The maximum absolute atomic E-state index is 9.29. The second kappa shape index (κ2) is 5.93. The van der Waals surface area contributed by atoms with E-state index in [4.69, 9.17) is 4.98 Å². The molecule has 3 aromatic rings. The third kappa shape index (κ3) is 2.53. The summed E-state index contributed by atoms with van der Waals surface area (Å²) < 4.78 is 2.12. The summed E-state index contributed by atoms with van der Waals surface area (Å²) in [5.41, 5.74) is 6.52. The molecule has 0 fully saturated rings. The van der Waals surface area contributed by atoms with Gasteiger partial charge in [0.25, 0.3) is 0 Å².